The van der Waals surface area contributed by atoms with E-state index in [0.717, 1.165) is 76.7 Å². The Kier molecular flexibility index (Phi) is 5.48. The van der Waals surface area contributed by atoms with Gasteiger partial charge in [0.1, 0.15) is 0 Å². The fourth-order valence-corrected chi connectivity index (χ4v) is 5.26. The van der Waals surface area contributed by atoms with Crippen molar-refractivity contribution in [2.75, 3.05) is 39.4 Å². The molecule has 0 aliphatic carbocycles. The van der Waals surface area contributed by atoms with Gasteiger partial charge in [0.15, 0.2) is 0 Å². The van der Waals surface area contributed by atoms with Gasteiger partial charge in [0.2, 0.25) is 0 Å². The SMILES string of the molecule is O=c1c(CN2CCCOCC2)ccc2n1C[C@H]1C[C@@H]2CN(Cc2ccccn2)C1. The molecule has 5 rings (SSSR count). The molecule has 0 amide bonds. The Morgan fingerprint density at radius 2 is 1.97 bits per heavy atom. The minimum atomic E-state index is 0.223. The zero-order valence-corrected chi connectivity index (χ0v) is 17.0. The molecule has 3 aliphatic heterocycles. The molecule has 0 unspecified atom stereocenters. The fourth-order valence-electron chi connectivity index (χ4n) is 5.26. The first-order valence-electron chi connectivity index (χ1n) is 10.9. The molecule has 154 valence electrons. The van der Waals surface area contributed by atoms with Crippen LogP contribution in [0.5, 0.6) is 0 Å². The number of rotatable bonds is 4. The van der Waals surface area contributed by atoms with Gasteiger partial charge < -0.3 is 9.30 Å². The first-order chi connectivity index (χ1) is 14.3. The van der Waals surface area contributed by atoms with E-state index in [-0.39, 0.29) is 5.56 Å². The normalized spacial score (nSPS) is 25.4. The molecule has 0 radical (unpaired) electrons. The summed E-state index contributed by atoms with van der Waals surface area (Å²) < 4.78 is 7.64. The van der Waals surface area contributed by atoms with E-state index in [1.807, 2.05) is 12.3 Å². The minimum Gasteiger partial charge on any atom is -0.380 e. The number of pyridine rings is 2. The summed E-state index contributed by atoms with van der Waals surface area (Å²) in [5.41, 5.74) is 3.50. The van der Waals surface area contributed by atoms with Crippen molar-refractivity contribution in [3.8, 4) is 0 Å². The van der Waals surface area contributed by atoms with Crippen LogP contribution in [0, 0.1) is 5.92 Å². The van der Waals surface area contributed by atoms with Crippen LogP contribution in [0.4, 0.5) is 0 Å². The molecule has 0 N–H and O–H groups in total. The van der Waals surface area contributed by atoms with E-state index in [4.69, 9.17) is 4.74 Å². The first kappa shape index (κ1) is 19.0. The smallest absolute Gasteiger partial charge is 0.255 e. The van der Waals surface area contributed by atoms with Gasteiger partial charge in [0.05, 0.1) is 12.3 Å². The zero-order chi connectivity index (χ0) is 19.6. The van der Waals surface area contributed by atoms with Crippen LogP contribution in [-0.4, -0.2) is 58.7 Å². The van der Waals surface area contributed by atoms with Crippen LogP contribution in [0.2, 0.25) is 0 Å². The van der Waals surface area contributed by atoms with Crippen LogP contribution < -0.4 is 5.56 Å². The van der Waals surface area contributed by atoms with Crippen LogP contribution in [0.3, 0.4) is 0 Å². The molecule has 2 aromatic heterocycles. The van der Waals surface area contributed by atoms with E-state index in [0.29, 0.717) is 11.8 Å². The molecule has 2 atom stereocenters. The highest BCUT2D eigenvalue weighted by molar-refractivity contribution is 5.22. The van der Waals surface area contributed by atoms with Gasteiger partial charge in [-0.3, -0.25) is 19.6 Å². The quantitative estimate of drug-likeness (QED) is 0.795. The molecule has 2 bridgehead atoms. The standard InChI is InChI=1S/C23H30N4O2/c28-23-19(15-25-8-3-10-29-11-9-25)5-6-22-20-12-18(14-27(22)23)13-26(16-20)17-21-4-1-2-7-24-21/h1-2,4-7,18,20H,3,8-17H2/t18-,20+/m0/s1. The summed E-state index contributed by atoms with van der Waals surface area (Å²) in [5.74, 6) is 0.990. The number of ether oxygens (including phenoxy) is 1. The van der Waals surface area contributed by atoms with Crippen molar-refractivity contribution in [2.45, 2.75) is 38.4 Å². The molecule has 6 nitrogen and oxygen atoms in total. The van der Waals surface area contributed by atoms with E-state index in [1.165, 1.54) is 12.1 Å². The lowest BCUT2D eigenvalue weighted by molar-refractivity contribution is 0.113. The van der Waals surface area contributed by atoms with Crippen LogP contribution in [0.25, 0.3) is 0 Å². The molecule has 0 spiro atoms. The summed E-state index contributed by atoms with van der Waals surface area (Å²) in [6.07, 6.45) is 4.11. The highest BCUT2D eigenvalue weighted by atomic mass is 16.5. The topological polar surface area (TPSA) is 50.6 Å². The monoisotopic (exact) mass is 394 g/mol. The van der Waals surface area contributed by atoms with Crippen LogP contribution >= 0.6 is 0 Å². The van der Waals surface area contributed by atoms with Crippen molar-refractivity contribution in [3.05, 3.63) is 63.8 Å². The number of fused-ring (bicyclic) bond motifs is 4. The van der Waals surface area contributed by atoms with Crippen molar-refractivity contribution in [2.24, 2.45) is 5.92 Å². The predicted molar refractivity (Wildman–Crippen MR) is 112 cm³/mol. The average Bonchev–Trinajstić information content (AvgIpc) is 3.00. The second kappa shape index (κ2) is 8.38. The Bertz CT molecular complexity index is 889. The summed E-state index contributed by atoms with van der Waals surface area (Å²) in [6, 6.07) is 10.4. The maximum absolute atomic E-state index is 13.3. The molecule has 6 heteroatoms. The molecule has 3 aliphatic rings. The maximum Gasteiger partial charge on any atom is 0.255 e. The summed E-state index contributed by atoms with van der Waals surface area (Å²) in [4.78, 5) is 22.6. The lowest BCUT2D eigenvalue weighted by Gasteiger charge is -2.43. The summed E-state index contributed by atoms with van der Waals surface area (Å²) in [7, 11) is 0. The van der Waals surface area contributed by atoms with Crippen molar-refractivity contribution in [1.29, 1.82) is 0 Å². The van der Waals surface area contributed by atoms with Gasteiger partial charge >= 0.3 is 0 Å². The maximum atomic E-state index is 13.3. The third-order valence-corrected chi connectivity index (χ3v) is 6.58. The highest BCUT2D eigenvalue weighted by Crippen LogP contribution is 2.35. The lowest BCUT2D eigenvalue weighted by Crippen LogP contribution is -2.47. The second-order valence-corrected chi connectivity index (χ2v) is 8.76. The Morgan fingerprint density at radius 1 is 1.00 bits per heavy atom. The third kappa shape index (κ3) is 4.15. The molecule has 2 aromatic rings. The molecule has 0 saturated carbocycles. The number of hydrogen-bond acceptors (Lipinski definition) is 5. The number of piperidine rings is 1. The molecule has 2 fully saturated rings. The van der Waals surface area contributed by atoms with E-state index < -0.39 is 0 Å². The summed E-state index contributed by atoms with van der Waals surface area (Å²) in [5, 5.41) is 0. The van der Waals surface area contributed by atoms with Gasteiger partial charge in [0.25, 0.3) is 5.56 Å². The average molecular weight is 395 g/mol. The van der Waals surface area contributed by atoms with Crippen LogP contribution in [0.15, 0.2) is 41.3 Å². The largest absolute Gasteiger partial charge is 0.380 e. The number of nitrogens with zero attached hydrogens (tertiary/aromatic N) is 4. The van der Waals surface area contributed by atoms with Gasteiger partial charge in [-0.25, -0.2) is 0 Å². The van der Waals surface area contributed by atoms with Gasteiger partial charge in [-0.1, -0.05) is 12.1 Å². The van der Waals surface area contributed by atoms with Gasteiger partial charge in [-0.15, -0.1) is 0 Å². The Labute approximate surface area is 172 Å². The summed E-state index contributed by atoms with van der Waals surface area (Å²) >= 11 is 0. The van der Waals surface area contributed by atoms with Crippen molar-refractivity contribution in [1.82, 2.24) is 19.4 Å². The zero-order valence-electron chi connectivity index (χ0n) is 17.0. The molecule has 2 saturated heterocycles. The fraction of sp³-hybridized carbons (Fsp3) is 0.565. The summed E-state index contributed by atoms with van der Waals surface area (Å²) in [6.45, 7) is 8.06. The van der Waals surface area contributed by atoms with Crippen LogP contribution in [-0.2, 0) is 24.4 Å². The lowest BCUT2D eigenvalue weighted by atomic mass is 9.83. The van der Waals surface area contributed by atoms with E-state index in [9.17, 15) is 4.79 Å². The molecule has 5 heterocycles. The first-order valence-corrected chi connectivity index (χ1v) is 10.9. The van der Waals surface area contributed by atoms with Gasteiger partial charge in [-0.2, -0.15) is 0 Å². The van der Waals surface area contributed by atoms with Crippen molar-refractivity contribution in [3.63, 3.8) is 0 Å². The number of hydrogen-bond donors (Lipinski definition) is 0. The number of aromatic nitrogens is 2. The Morgan fingerprint density at radius 3 is 2.86 bits per heavy atom. The highest BCUT2D eigenvalue weighted by Gasteiger charge is 2.35. The Hall–Kier alpha value is -2.02. The van der Waals surface area contributed by atoms with Crippen molar-refractivity contribution < 1.29 is 4.74 Å². The van der Waals surface area contributed by atoms with Crippen LogP contribution in [0.1, 0.15) is 35.7 Å². The molecular formula is C23H30N4O2. The second-order valence-electron chi connectivity index (χ2n) is 8.76. The van der Waals surface area contributed by atoms with E-state index in [1.54, 1.807) is 0 Å². The van der Waals surface area contributed by atoms with Gasteiger partial charge in [0, 0.05) is 75.8 Å². The molecular weight excluding hydrogens is 364 g/mol. The Balaban J connectivity index is 1.33. The van der Waals surface area contributed by atoms with Gasteiger partial charge in [-0.05, 0) is 37.0 Å². The predicted octanol–water partition coefficient (Wildman–Crippen LogP) is 2.08. The third-order valence-electron chi connectivity index (χ3n) is 6.58. The molecule has 29 heavy (non-hydrogen) atoms. The van der Waals surface area contributed by atoms with Crippen molar-refractivity contribution >= 4 is 0 Å². The minimum absolute atomic E-state index is 0.223. The number of likely N-dealkylation sites (tertiary alicyclic amines) is 1. The van der Waals surface area contributed by atoms with E-state index >= 15 is 0 Å². The van der Waals surface area contributed by atoms with E-state index in [2.05, 4.69) is 43.6 Å². The molecule has 0 aromatic carbocycles.